The molecule has 0 saturated heterocycles. The Morgan fingerprint density at radius 1 is 1.24 bits per heavy atom. The molecule has 0 amide bonds. The smallest absolute Gasteiger partial charge is 0.194 e. The maximum absolute atomic E-state index is 11.7. The van der Waals surface area contributed by atoms with Gasteiger partial charge in [-0.3, -0.25) is 4.79 Å². The fourth-order valence-corrected chi connectivity index (χ4v) is 2.95. The van der Waals surface area contributed by atoms with E-state index < -0.39 is 6.17 Å². The Morgan fingerprint density at radius 2 is 1.96 bits per heavy atom. The third kappa shape index (κ3) is 3.58. The fraction of sp³-hybridized carbons (Fsp3) is 0.278. The van der Waals surface area contributed by atoms with Gasteiger partial charge in [0.15, 0.2) is 12.5 Å². The van der Waals surface area contributed by atoms with Crippen LogP contribution in [0.2, 0.25) is 5.02 Å². The van der Waals surface area contributed by atoms with Crippen molar-refractivity contribution in [3.05, 3.63) is 64.2 Å². The van der Waals surface area contributed by atoms with Crippen LogP contribution in [0.4, 0.5) is 5.69 Å². The molecule has 130 valence electrons. The largest absolute Gasteiger partial charge is 0.399 e. The Morgan fingerprint density at radius 3 is 2.60 bits per heavy atom. The molecule has 0 radical (unpaired) electrons. The average molecular weight is 358 g/mol. The lowest BCUT2D eigenvalue weighted by atomic mass is 10.1. The second-order valence-electron chi connectivity index (χ2n) is 6.12. The predicted octanol–water partition coefficient (Wildman–Crippen LogP) is 3.92. The van der Waals surface area contributed by atoms with E-state index in [1.54, 1.807) is 10.0 Å². The monoisotopic (exact) mass is 357 g/mol. The number of carbonyl (C=O) groups is 1. The maximum Gasteiger partial charge on any atom is 0.194 e. The Balaban J connectivity index is 1.76. The van der Waals surface area contributed by atoms with Gasteiger partial charge in [0.05, 0.1) is 12.6 Å². The van der Waals surface area contributed by atoms with Crippen molar-refractivity contribution in [2.24, 2.45) is 10.4 Å². The van der Waals surface area contributed by atoms with Gasteiger partial charge in [0.1, 0.15) is 0 Å². The number of carbonyl (C=O) groups excluding carboxylic acids is 1. The Hall–Kier alpha value is -2.60. The molecular weight excluding hydrogens is 338 g/mol. The third-order valence-corrected chi connectivity index (χ3v) is 4.64. The average Bonchev–Trinajstić information content (AvgIpc) is 3.00. The summed E-state index contributed by atoms with van der Waals surface area (Å²) in [6, 6.07) is 13.2. The molecule has 7 heteroatoms. The molecular formula is C18H20ClN5O. The van der Waals surface area contributed by atoms with E-state index in [2.05, 4.69) is 10.4 Å². The Kier molecular flexibility index (Phi) is 4.90. The number of halogens is 1. The van der Waals surface area contributed by atoms with Gasteiger partial charge < -0.3 is 5.73 Å². The minimum absolute atomic E-state index is 0.102. The van der Waals surface area contributed by atoms with Gasteiger partial charge in [-0.25, -0.2) is 10.0 Å². The second kappa shape index (κ2) is 7.11. The first-order chi connectivity index (χ1) is 12.0. The van der Waals surface area contributed by atoms with Crippen molar-refractivity contribution in [3.8, 4) is 0 Å². The van der Waals surface area contributed by atoms with Gasteiger partial charge in [-0.05, 0) is 48.7 Å². The van der Waals surface area contributed by atoms with Crippen LogP contribution in [0.15, 0.2) is 52.9 Å². The maximum atomic E-state index is 11.7. The normalized spacial score (nSPS) is 17.8. The summed E-state index contributed by atoms with van der Waals surface area (Å²) in [4.78, 5) is 11.7. The molecule has 1 aliphatic rings. The number of hydrogen-bond donors (Lipinski definition) is 1. The van der Waals surface area contributed by atoms with Crippen molar-refractivity contribution in [2.45, 2.75) is 32.6 Å². The molecule has 1 heterocycles. The van der Waals surface area contributed by atoms with Crippen LogP contribution in [0.5, 0.6) is 0 Å². The summed E-state index contributed by atoms with van der Waals surface area (Å²) in [5, 5.41) is 12.4. The number of anilines is 1. The molecule has 2 unspecified atom stereocenters. The molecule has 2 aromatic rings. The molecule has 6 nitrogen and oxygen atoms in total. The molecule has 0 fully saturated rings. The fourth-order valence-electron chi connectivity index (χ4n) is 2.82. The third-order valence-electron chi connectivity index (χ3n) is 4.38. The number of nitrogens with zero attached hydrogens (tertiary/aromatic N) is 4. The molecule has 2 N–H and O–H groups in total. The number of benzene rings is 2. The minimum atomic E-state index is -0.552. The van der Waals surface area contributed by atoms with Crippen LogP contribution >= 0.6 is 11.6 Å². The van der Waals surface area contributed by atoms with E-state index in [0.717, 1.165) is 28.7 Å². The summed E-state index contributed by atoms with van der Waals surface area (Å²) in [6.07, 6.45) is 0.305. The van der Waals surface area contributed by atoms with E-state index in [1.807, 2.05) is 56.3 Å². The minimum Gasteiger partial charge on any atom is -0.399 e. The van der Waals surface area contributed by atoms with Crippen LogP contribution in [0, 0.1) is 6.92 Å². The molecule has 2 aromatic carbocycles. The molecule has 0 spiro atoms. The SMILES string of the molecule is Cc1cc(CN2N=NN(C(C)c3ccc(Cl)cc3)C2C=O)ccc1N. The molecule has 25 heavy (non-hydrogen) atoms. The van der Waals surface area contributed by atoms with Gasteiger partial charge in [-0.1, -0.05) is 46.3 Å². The first kappa shape index (κ1) is 17.2. The number of hydrogen-bond acceptors (Lipinski definition) is 6. The van der Waals surface area contributed by atoms with Gasteiger partial charge in [-0.2, -0.15) is 0 Å². The summed E-state index contributed by atoms with van der Waals surface area (Å²) in [5.41, 5.74) is 9.65. The number of aryl methyl sites for hydroxylation is 1. The van der Waals surface area contributed by atoms with E-state index in [-0.39, 0.29) is 6.04 Å². The molecule has 0 aromatic heterocycles. The van der Waals surface area contributed by atoms with Crippen LogP contribution in [-0.4, -0.2) is 22.5 Å². The zero-order valence-electron chi connectivity index (χ0n) is 14.1. The first-order valence-corrected chi connectivity index (χ1v) is 8.39. The zero-order valence-corrected chi connectivity index (χ0v) is 14.9. The van der Waals surface area contributed by atoms with Crippen molar-refractivity contribution in [3.63, 3.8) is 0 Å². The highest BCUT2D eigenvalue weighted by Gasteiger charge is 2.33. The van der Waals surface area contributed by atoms with Crippen molar-refractivity contribution in [1.29, 1.82) is 0 Å². The van der Waals surface area contributed by atoms with Gasteiger partial charge >= 0.3 is 0 Å². The van der Waals surface area contributed by atoms with Crippen molar-refractivity contribution >= 4 is 23.6 Å². The highest BCUT2D eigenvalue weighted by Crippen LogP contribution is 2.30. The van der Waals surface area contributed by atoms with Gasteiger partial charge in [0.25, 0.3) is 0 Å². The Labute approximate surface area is 151 Å². The van der Waals surface area contributed by atoms with Crippen LogP contribution in [0.1, 0.15) is 29.7 Å². The molecule has 2 atom stereocenters. The van der Waals surface area contributed by atoms with Crippen LogP contribution < -0.4 is 5.73 Å². The van der Waals surface area contributed by atoms with Crippen LogP contribution in [0.25, 0.3) is 0 Å². The molecule has 1 aliphatic heterocycles. The number of aldehydes is 1. The molecule has 0 saturated carbocycles. The first-order valence-electron chi connectivity index (χ1n) is 8.02. The van der Waals surface area contributed by atoms with Crippen LogP contribution in [0.3, 0.4) is 0 Å². The van der Waals surface area contributed by atoms with E-state index >= 15 is 0 Å². The summed E-state index contributed by atoms with van der Waals surface area (Å²) in [5.74, 6) is 0. The lowest BCUT2D eigenvalue weighted by Crippen LogP contribution is -2.40. The summed E-state index contributed by atoms with van der Waals surface area (Å²) < 4.78 is 0. The van der Waals surface area contributed by atoms with Gasteiger partial charge in [0.2, 0.25) is 0 Å². The zero-order chi connectivity index (χ0) is 18.0. The predicted molar refractivity (Wildman–Crippen MR) is 97.5 cm³/mol. The number of nitrogens with two attached hydrogens (primary N) is 1. The number of rotatable bonds is 5. The summed E-state index contributed by atoms with van der Waals surface area (Å²) >= 11 is 5.94. The van der Waals surface area contributed by atoms with E-state index in [0.29, 0.717) is 11.6 Å². The van der Waals surface area contributed by atoms with E-state index in [4.69, 9.17) is 17.3 Å². The lowest BCUT2D eigenvalue weighted by molar-refractivity contribution is -0.117. The van der Waals surface area contributed by atoms with E-state index in [1.165, 1.54) is 0 Å². The van der Waals surface area contributed by atoms with Crippen LogP contribution in [-0.2, 0) is 11.3 Å². The summed E-state index contributed by atoms with van der Waals surface area (Å²) in [7, 11) is 0. The molecule has 0 bridgehead atoms. The standard InChI is InChI=1S/C18H20ClN5O/c1-12-9-14(3-8-17(12)20)10-23-18(11-25)24(22-21-23)13(2)15-4-6-16(19)7-5-15/h3-9,11,13,18H,10,20H2,1-2H3. The summed E-state index contributed by atoms with van der Waals surface area (Å²) in [6.45, 7) is 4.42. The van der Waals surface area contributed by atoms with Crippen molar-refractivity contribution < 1.29 is 4.79 Å². The highest BCUT2D eigenvalue weighted by molar-refractivity contribution is 6.30. The lowest BCUT2D eigenvalue weighted by Gasteiger charge is -2.28. The molecule has 0 aliphatic carbocycles. The highest BCUT2D eigenvalue weighted by atomic mass is 35.5. The van der Waals surface area contributed by atoms with E-state index in [9.17, 15) is 4.79 Å². The van der Waals surface area contributed by atoms with Crippen molar-refractivity contribution in [1.82, 2.24) is 10.0 Å². The Bertz CT molecular complexity index is 793. The topological polar surface area (TPSA) is 74.3 Å². The second-order valence-corrected chi connectivity index (χ2v) is 6.56. The van der Waals surface area contributed by atoms with Crippen molar-refractivity contribution in [2.75, 3.05) is 5.73 Å². The molecule has 3 rings (SSSR count). The number of nitrogen functional groups attached to an aromatic ring is 1. The van der Waals surface area contributed by atoms with Gasteiger partial charge in [0, 0.05) is 10.7 Å². The van der Waals surface area contributed by atoms with Gasteiger partial charge in [-0.15, -0.1) is 0 Å². The quantitative estimate of drug-likeness (QED) is 0.650.